The van der Waals surface area contributed by atoms with Gasteiger partial charge in [0.25, 0.3) is 0 Å². The fourth-order valence-electron chi connectivity index (χ4n) is 3.07. The first-order chi connectivity index (χ1) is 13.6. The first-order valence-corrected chi connectivity index (χ1v) is 9.87. The molecule has 1 aromatic heterocycles. The molecule has 144 valence electrons. The second-order valence-corrected chi connectivity index (χ2v) is 7.43. The summed E-state index contributed by atoms with van der Waals surface area (Å²) >= 11 is 3.55. The van der Waals surface area contributed by atoms with Crippen LogP contribution in [0.4, 0.5) is 5.82 Å². The molecule has 1 aliphatic heterocycles. The number of fused-ring (bicyclic) bond motifs is 1. The van der Waals surface area contributed by atoms with Crippen LogP contribution in [0.1, 0.15) is 24.0 Å². The van der Waals surface area contributed by atoms with Crippen LogP contribution in [-0.4, -0.2) is 28.9 Å². The normalized spacial score (nSPS) is 13.8. The number of rotatable bonds is 5. The molecule has 0 spiro atoms. The molecule has 1 amide bonds. The third-order valence-corrected chi connectivity index (χ3v) is 5.48. The number of amides is 1. The minimum Gasteiger partial charge on any atom is -0.486 e. The van der Waals surface area contributed by atoms with Gasteiger partial charge in [0.15, 0.2) is 11.5 Å². The maximum atomic E-state index is 12.8. The van der Waals surface area contributed by atoms with Crippen LogP contribution in [0.15, 0.2) is 59.2 Å². The molecular formula is C21H20BrN3O3. The summed E-state index contributed by atoms with van der Waals surface area (Å²) in [4.78, 5) is 12.8. The van der Waals surface area contributed by atoms with E-state index in [0.29, 0.717) is 37.1 Å². The smallest absolute Gasteiger partial charge is 0.232 e. The third-order valence-electron chi connectivity index (χ3n) is 4.71. The Bertz CT molecular complexity index is 1000. The van der Waals surface area contributed by atoms with Gasteiger partial charge in [0.05, 0.1) is 18.7 Å². The summed E-state index contributed by atoms with van der Waals surface area (Å²) in [6, 6.07) is 15.4. The van der Waals surface area contributed by atoms with E-state index in [-0.39, 0.29) is 11.8 Å². The van der Waals surface area contributed by atoms with E-state index in [0.717, 1.165) is 15.6 Å². The average Bonchev–Trinajstić information content (AvgIpc) is 3.15. The van der Waals surface area contributed by atoms with Gasteiger partial charge in [-0.15, -0.1) is 0 Å². The summed E-state index contributed by atoms with van der Waals surface area (Å²) in [6.45, 7) is 3.49. The maximum absolute atomic E-state index is 12.8. The van der Waals surface area contributed by atoms with Gasteiger partial charge in [-0.1, -0.05) is 40.2 Å². The highest BCUT2D eigenvalue weighted by Gasteiger charge is 2.20. The first-order valence-electron chi connectivity index (χ1n) is 9.07. The molecule has 6 nitrogen and oxygen atoms in total. The number of nitrogens with zero attached hydrogens (tertiary/aromatic N) is 2. The highest BCUT2D eigenvalue weighted by molar-refractivity contribution is 9.10. The predicted octanol–water partition coefficient (Wildman–Crippen LogP) is 4.21. The van der Waals surface area contributed by atoms with Crippen molar-refractivity contribution < 1.29 is 14.3 Å². The maximum Gasteiger partial charge on any atom is 0.232 e. The van der Waals surface area contributed by atoms with Crippen LogP contribution in [0.25, 0.3) is 0 Å². The summed E-state index contributed by atoms with van der Waals surface area (Å²) < 4.78 is 13.9. The summed E-state index contributed by atoms with van der Waals surface area (Å²) in [5, 5.41) is 7.32. The van der Waals surface area contributed by atoms with Gasteiger partial charge in [0.2, 0.25) is 5.91 Å². The molecule has 4 rings (SSSR count). The monoisotopic (exact) mass is 441 g/mol. The van der Waals surface area contributed by atoms with Gasteiger partial charge < -0.3 is 14.8 Å². The Hall–Kier alpha value is -2.80. The van der Waals surface area contributed by atoms with Gasteiger partial charge in [0.1, 0.15) is 19.0 Å². The topological polar surface area (TPSA) is 65.4 Å². The molecule has 1 unspecified atom stereocenters. The number of aromatic nitrogens is 2. The lowest BCUT2D eigenvalue weighted by molar-refractivity contribution is -0.117. The fraction of sp³-hybridized carbons (Fsp3) is 0.238. The second kappa shape index (κ2) is 8.06. The quantitative estimate of drug-likeness (QED) is 0.643. The van der Waals surface area contributed by atoms with Crippen LogP contribution in [0.3, 0.4) is 0 Å². The Morgan fingerprint density at radius 2 is 1.96 bits per heavy atom. The van der Waals surface area contributed by atoms with Crippen molar-refractivity contribution in [3.8, 4) is 11.5 Å². The predicted molar refractivity (Wildman–Crippen MR) is 110 cm³/mol. The number of carbonyl (C=O) groups excluding carboxylic acids is 1. The highest BCUT2D eigenvalue weighted by atomic mass is 79.9. The summed E-state index contributed by atoms with van der Waals surface area (Å²) in [5.74, 6) is 1.61. The van der Waals surface area contributed by atoms with Crippen molar-refractivity contribution >= 4 is 27.7 Å². The zero-order valence-electron chi connectivity index (χ0n) is 15.4. The molecule has 7 heteroatoms. The molecule has 2 heterocycles. The van der Waals surface area contributed by atoms with Crippen molar-refractivity contribution in [2.24, 2.45) is 0 Å². The molecule has 0 bridgehead atoms. The largest absolute Gasteiger partial charge is 0.486 e. The minimum atomic E-state index is -0.345. The lowest BCUT2D eigenvalue weighted by Crippen LogP contribution is -2.22. The van der Waals surface area contributed by atoms with E-state index in [1.54, 1.807) is 16.9 Å². The third kappa shape index (κ3) is 3.89. The van der Waals surface area contributed by atoms with Gasteiger partial charge >= 0.3 is 0 Å². The van der Waals surface area contributed by atoms with E-state index in [1.165, 1.54) is 0 Å². The van der Waals surface area contributed by atoms with Gasteiger partial charge in [0, 0.05) is 10.5 Å². The summed E-state index contributed by atoms with van der Waals surface area (Å²) in [7, 11) is 0. The molecule has 1 atom stereocenters. The standard InChI is InChI=1S/C21H20BrN3O3/c1-14(15-6-7-18-19(12-15)28-11-10-27-18)21(26)24-20-8-9-23-25(20)13-16-4-2-3-5-17(16)22/h2-9,12,14H,10-11,13H2,1H3,(H,24,26). The number of nitrogens with one attached hydrogen (secondary N) is 1. The van der Waals surface area contributed by atoms with Crippen molar-refractivity contribution in [2.75, 3.05) is 18.5 Å². The number of anilines is 1. The Kier molecular flexibility index (Phi) is 5.34. The number of halogens is 1. The van der Waals surface area contributed by atoms with Crippen molar-refractivity contribution in [3.05, 3.63) is 70.3 Å². The lowest BCUT2D eigenvalue weighted by Gasteiger charge is -2.20. The van der Waals surface area contributed by atoms with E-state index >= 15 is 0 Å². The Balaban J connectivity index is 1.48. The van der Waals surface area contributed by atoms with Crippen molar-refractivity contribution in [1.82, 2.24) is 9.78 Å². The molecule has 0 radical (unpaired) electrons. The molecule has 1 N–H and O–H groups in total. The zero-order chi connectivity index (χ0) is 19.5. The van der Waals surface area contributed by atoms with Crippen LogP contribution in [0.2, 0.25) is 0 Å². The molecule has 0 saturated heterocycles. The Morgan fingerprint density at radius 1 is 1.18 bits per heavy atom. The number of ether oxygens (including phenoxy) is 2. The molecule has 0 saturated carbocycles. The molecular weight excluding hydrogens is 422 g/mol. The lowest BCUT2D eigenvalue weighted by atomic mass is 9.99. The van der Waals surface area contributed by atoms with Crippen molar-refractivity contribution in [1.29, 1.82) is 0 Å². The van der Waals surface area contributed by atoms with E-state index in [9.17, 15) is 4.79 Å². The van der Waals surface area contributed by atoms with E-state index in [2.05, 4.69) is 26.3 Å². The zero-order valence-corrected chi connectivity index (χ0v) is 17.0. The van der Waals surface area contributed by atoms with Crippen molar-refractivity contribution in [3.63, 3.8) is 0 Å². The average molecular weight is 442 g/mol. The highest BCUT2D eigenvalue weighted by Crippen LogP contribution is 2.33. The van der Waals surface area contributed by atoms with Gasteiger partial charge in [-0.25, -0.2) is 4.68 Å². The van der Waals surface area contributed by atoms with E-state index in [4.69, 9.17) is 9.47 Å². The van der Waals surface area contributed by atoms with E-state index < -0.39 is 0 Å². The molecule has 3 aromatic rings. The second-order valence-electron chi connectivity index (χ2n) is 6.58. The summed E-state index contributed by atoms with van der Waals surface area (Å²) in [6.07, 6.45) is 1.68. The number of benzene rings is 2. The van der Waals surface area contributed by atoms with Crippen LogP contribution in [-0.2, 0) is 11.3 Å². The van der Waals surface area contributed by atoms with Gasteiger partial charge in [-0.05, 0) is 36.2 Å². The first kappa shape index (κ1) is 18.6. The fourth-order valence-corrected chi connectivity index (χ4v) is 3.48. The number of hydrogen-bond donors (Lipinski definition) is 1. The number of hydrogen-bond acceptors (Lipinski definition) is 4. The Labute approximate surface area is 171 Å². The van der Waals surface area contributed by atoms with Crippen molar-refractivity contribution in [2.45, 2.75) is 19.4 Å². The molecule has 28 heavy (non-hydrogen) atoms. The number of carbonyl (C=O) groups is 1. The minimum absolute atomic E-state index is 0.106. The van der Waals surface area contributed by atoms with Crippen LogP contribution in [0, 0.1) is 0 Å². The Morgan fingerprint density at radius 3 is 2.79 bits per heavy atom. The molecule has 0 aliphatic carbocycles. The SMILES string of the molecule is CC(C(=O)Nc1ccnn1Cc1ccccc1Br)c1ccc2c(c1)OCCO2. The molecule has 0 fully saturated rings. The van der Waals surface area contributed by atoms with Crippen LogP contribution in [0.5, 0.6) is 11.5 Å². The molecule has 1 aliphatic rings. The molecule has 2 aromatic carbocycles. The van der Waals surface area contributed by atoms with Crippen LogP contribution >= 0.6 is 15.9 Å². The van der Waals surface area contributed by atoms with Gasteiger partial charge in [-0.3, -0.25) is 4.79 Å². The summed E-state index contributed by atoms with van der Waals surface area (Å²) in [5.41, 5.74) is 1.96. The van der Waals surface area contributed by atoms with Crippen LogP contribution < -0.4 is 14.8 Å². The van der Waals surface area contributed by atoms with E-state index in [1.807, 2.05) is 49.4 Å². The van der Waals surface area contributed by atoms with Gasteiger partial charge in [-0.2, -0.15) is 5.10 Å².